The second-order valence-electron chi connectivity index (χ2n) is 6.79. The van der Waals surface area contributed by atoms with Crippen LogP contribution in [0.4, 0.5) is 5.82 Å². The molecule has 3 aromatic rings. The number of aromatic nitrogens is 3. The van der Waals surface area contributed by atoms with E-state index in [0.29, 0.717) is 25.2 Å². The summed E-state index contributed by atoms with van der Waals surface area (Å²) in [4.78, 5) is 25.9. The first-order valence-electron chi connectivity index (χ1n) is 9.19. The minimum atomic E-state index is 0.0333. The molecule has 1 saturated heterocycles. The van der Waals surface area contributed by atoms with E-state index in [1.807, 2.05) is 39.9 Å². The molecule has 7 nitrogen and oxygen atoms in total. The number of aliphatic hydroxyl groups excluding tert-OH is 1. The molecule has 140 valence electrons. The van der Waals surface area contributed by atoms with Gasteiger partial charge in [-0.15, -0.1) is 0 Å². The highest BCUT2D eigenvalue weighted by molar-refractivity contribution is 5.97. The Morgan fingerprint density at radius 3 is 2.70 bits per heavy atom. The molecule has 1 fully saturated rings. The van der Waals surface area contributed by atoms with Crippen molar-refractivity contribution in [2.75, 3.05) is 37.7 Å². The molecule has 4 rings (SSSR count). The first kappa shape index (κ1) is 17.5. The lowest BCUT2D eigenvalue weighted by atomic mass is 10.1. The van der Waals surface area contributed by atoms with Crippen LogP contribution in [0.1, 0.15) is 15.9 Å². The molecule has 0 aliphatic carbocycles. The maximum atomic E-state index is 12.9. The molecule has 1 amide bonds. The van der Waals surface area contributed by atoms with E-state index < -0.39 is 0 Å². The van der Waals surface area contributed by atoms with Crippen LogP contribution in [0.2, 0.25) is 0 Å². The van der Waals surface area contributed by atoms with E-state index in [4.69, 9.17) is 5.11 Å². The van der Waals surface area contributed by atoms with Crippen LogP contribution in [-0.2, 0) is 6.54 Å². The molecule has 1 aliphatic heterocycles. The molecule has 1 aromatic carbocycles. The number of carbonyl (C=O) groups is 1. The lowest BCUT2D eigenvalue weighted by Gasteiger charge is -2.36. The first-order valence-corrected chi connectivity index (χ1v) is 9.19. The van der Waals surface area contributed by atoms with E-state index >= 15 is 0 Å². The minimum absolute atomic E-state index is 0.0333. The number of rotatable bonds is 4. The highest BCUT2D eigenvalue weighted by atomic mass is 16.3. The molecule has 1 aliphatic rings. The average molecular weight is 365 g/mol. The van der Waals surface area contributed by atoms with E-state index in [0.717, 1.165) is 35.5 Å². The molecule has 2 aromatic heterocycles. The summed E-state index contributed by atoms with van der Waals surface area (Å²) in [6, 6.07) is 9.58. The monoisotopic (exact) mass is 365 g/mol. The van der Waals surface area contributed by atoms with Crippen LogP contribution in [0, 0.1) is 6.92 Å². The number of benzene rings is 1. The van der Waals surface area contributed by atoms with Gasteiger partial charge >= 0.3 is 0 Å². The molecule has 0 spiro atoms. The summed E-state index contributed by atoms with van der Waals surface area (Å²) in [5.74, 6) is 1.03. The molecular weight excluding hydrogens is 342 g/mol. The summed E-state index contributed by atoms with van der Waals surface area (Å²) in [6.07, 6.45) is 3.51. The number of hydrogen-bond acceptors (Lipinski definition) is 5. The quantitative estimate of drug-likeness (QED) is 0.762. The highest BCUT2D eigenvalue weighted by Gasteiger charge is 2.24. The third-order valence-corrected chi connectivity index (χ3v) is 5.06. The zero-order valence-corrected chi connectivity index (χ0v) is 15.4. The number of piperazine rings is 1. The number of fused-ring (bicyclic) bond motifs is 1. The van der Waals surface area contributed by atoms with E-state index in [1.54, 1.807) is 6.33 Å². The van der Waals surface area contributed by atoms with Crippen molar-refractivity contribution < 1.29 is 9.90 Å². The van der Waals surface area contributed by atoms with Crippen LogP contribution in [0.15, 0.2) is 42.9 Å². The maximum absolute atomic E-state index is 12.9. The molecule has 0 bridgehead atoms. The Labute approximate surface area is 157 Å². The van der Waals surface area contributed by atoms with Gasteiger partial charge in [0, 0.05) is 44.5 Å². The van der Waals surface area contributed by atoms with Gasteiger partial charge in [-0.2, -0.15) is 0 Å². The molecule has 0 saturated carbocycles. The summed E-state index contributed by atoms with van der Waals surface area (Å²) in [7, 11) is 0. The van der Waals surface area contributed by atoms with Crippen molar-refractivity contribution in [2.45, 2.75) is 13.5 Å². The van der Waals surface area contributed by atoms with Gasteiger partial charge < -0.3 is 19.5 Å². The third kappa shape index (κ3) is 3.38. The lowest BCUT2D eigenvalue weighted by molar-refractivity contribution is 0.0746. The first-order chi connectivity index (χ1) is 13.2. The molecule has 0 atom stereocenters. The number of aryl methyl sites for hydroxylation is 1. The Hall–Kier alpha value is -2.93. The number of pyridine rings is 1. The van der Waals surface area contributed by atoms with Gasteiger partial charge in [0.1, 0.15) is 5.82 Å². The fraction of sp³-hybridized carbons (Fsp3) is 0.350. The predicted octanol–water partition coefficient (Wildman–Crippen LogP) is 1.69. The van der Waals surface area contributed by atoms with E-state index in [-0.39, 0.29) is 12.5 Å². The van der Waals surface area contributed by atoms with Gasteiger partial charge in [0.15, 0.2) is 0 Å². The largest absolute Gasteiger partial charge is 0.395 e. The van der Waals surface area contributed by atoms with Crippen molar-refractivity contribution >= 4 is 22.8 Å². The Kier molecular flexibility index (Phi) is 4.77. The zero-order chi connectivity index (χ0) is 18.8. The van der Waals surface area contributed by atoms with Crippen molar-refractivity contribution in [3.05, 3.63) is 54.0 Å². The standard InChI is InChI=1S/C20H23N5O2/c1-15-3-2-6-21-19(15)23-7-9-24(10-8-23)20(27)16-4-5-18-17(13-16)22-14-25(18)11-12-26/h2-6,13-14,26H,7-12H2,1H3. The zero-order valence-electron chi connectivity index (χ0n) is 15.4. The van der Waals surface area contributed by atoms with Gasteiger partial charge in [0.25, 0.3) is 5.91 Å². The van der Waals surface area contributed by atoms with E-state index in [1.165, 1.54) is 0 Å². The van der Waals surface area contributed by atoms with Crippen LogP contribution in [-0.4, -0.2) is 63.2 Å². The van der Waals surface area contributed by atoms with Crippen LogP contribution < -0.4 is 4.90 Å². The van der Waals surface area contributed by atoms with Crippen LogP contribution in [0.5, 0.6) is 0 Å². The number of nitrogens with zero attached hydrogens (tertiary/aromatic N) is 5. The number of imidazole rings is 1. The van der Waals surface area contributed by atoms with E-state index in [2.05, 4.69) is 27.9 Å². The second kappa shape index (κ2) is 7.36. The van der Waals surface area contributed by atoms with Crippen molar-refractivity contribution in [3.63, 3.8) is 0 Å². The Morgan fingerprint density at radius 2 is 1.96 bits per heavy atom. The Bertz CT molecular complexity index is 960. The second-order valence-corrected chi connectivity index (χ2v) is 6.79. The molecular formula is C20H23N5O2. The minimum Gasteiger partial charge on any atom is -0.395 e. The fourth-order valence-electron chi connectivity index (χ4n) is 3.60. The van der Waals surface area contributed by atoms with Crippen LogP contribution in [0.3, 0.4) is 0 Å². The van der Waals surface area contributed by atoms with Crippen LogP contribution >= 0.6 is 0 Å². The summed E-state index contributed by atoms with van der Waals surface area (Å²) in [5.41, 5.74) is 3.51. The van der Waals surface area contributed by atoms with Gasteiger partial charge in [-0.1, -0.05) is 6.07 Å². The van der Waals surface area contributed by atoms with Gasteiger partial charge in [0.05, 0.1) is 24.0 Å². The molecule has 1 N–H and O–H groups in total. The normalized spacial score (nSPS) is 14.7. The van der Waals surface area contributed by atoms with Gasteiger partial charge in [0.2, 0.25) is 0 Å². The van der Waals surface area contributed by atoms with Crippen molar-refractivity contribution in [1.82, 2.24) is 19.4 Å². The fourth-order valence-corrected chi connectivity index (χ4v) is 3.60. The predicted molar refractivity (Wildman–Crippen MR) is 104 cm³/mol. The summed E-state index contributed by atoms with van der Waals surface area (Å²) in [6.45, 7) is 5.52. The number of carbonyl (C=O) groups excluding carboxylic acids is 1. The van der Waals surface area contributed by atoms with Crippen molar-refractivity contribution in [1.29, 1.82) is 0 Å². The number of amides is 1. The topological polar surface area (TPSA) is 74.5 Å². The van der Waals surface area contributed by atoms with Crippen molar-refractivity contribution in [2.24, 2.45) is 0 Å². The smallest absolute Gasteiger partial charge is 0.254 e. The maximum Gasteiger partial charge on any atom is 0.254 e. The SMILES string of the molecule is Cc1cccnc1N1CCN(C(=O)c2ccc3c(c2)ncn3CCO)CC1. The Morgan fingerprint density at radius 1 is 1.15 bits per heavy atom. The molecule has 0 radical (unpaired) electrons. The van der Waals surface area contributed by atoms with E-state index in [9.17, 15) is 4.79 Å². The third-order valence-electron chi connectivity index (χ3n) is 5.06. The summed E-state index contributed by atoms with van der Waals surface area (Å²) < 4.78 is 1.89. The molecule has 0 unspecified atom stereocenters. The summed E-state index contributed by atoms with van der Waals surface area (Å²) >= 11 is 0. The summed E-state index contributed by atoms with van der Waals surface area (Å²) in [5, 5.41) is 9.11. The number of anilines is 1. The molecule has 27 heavy (non-hydrogen) atoms. The van der Waals surface area contributed by atoms with Gasteiger partial charge in [-0.05, 0) is 36.8 Å². The lowest BCUT2D eigenvalue weighted by Crippen LogP contribution is -2.49. The van der Waals surface area contributed by atoms with Gasteiger partial charge in [-0.25, -0.2) is 9.97 Å². The van der Waals surface area contributed by atoms with Crippen LogP contribution in [0.25, 0.3) is 11.0 Å². The van der Waals surface area contributed by atoms with Gasteiger partial charge in [-0.3, -0.25) is 4.79 Å². The Balaban J connectivity index is 1.46. The highest BCUT2D eigenvalue weighted by Crippen LogP contribution is 2.20. The van der Waals surface area contributed by atoms with Crippen molar-refractivity contribution in [3.8, 4) is 0 Å². The average Bonchev–Trinajstić information content (AvgIpc) is 3.10. The molecule has 7 heteroatoms. The molecule has 3 heterocycles. The number of hydrogen-bond donors (Lipinski definition) is 1. The number of aliphatic hydroxyl groups is 1.